The number of rotatable bonds is 10. The number of hydrogen-bond donors (Lipinski definition) is 5. The number of aryl methyl sites for hydroxylation is 2. The lowest BCUT2D eigenvalue weighted by atomic mass is 10.1. The third-order valence-corrected chi connectivity index (χ3v) is 6.23. The molecule has 0 aliphatic heterocycles. The van der Waals surface area contributed by atoms with Gasteiger partial charge in [0.1, 0.15) is 5.75 Å². The zero-order chi connectivity index (χ0) is 24.5. The number of phosphoric acid groups is 2. The number of nitrogens with zero attached hydrogens (tertiary/aromatic N) is 2. The van der Waals surface area contributed by atoms with E-state index >= 15 is 0 Å². The summed E-state index contributed by atoms with van der Waals surface area (Å²) in [6, 6.07) is 6.23. The van der Waals surface area contributed by atoms with Crippen molar-refractivity contribution in [1.82, 2.24) is 9.88 Å². The van der Waals surface area contributed by atoms with Crippen LogP contribution in [-0.4, -0.2) is 62.7 Å². The Labute approximate surface area is 188 Å². The van der Waals surface area contributed by atoms with E-state index in [-0.39, 0.29) is 0 Å². The van der Waals surface area contributed by atoms with Crippen LogP contribution in [0.3, 0.4) is 0 Å². The molecule has 32 heavy (non-hydrogen) atoms. The van der Waals surface area contributed by atoms with Gasteiger partial charge < -0.3 is 34.5 Å². The predicted molar refractivity (Wildman–Crippen MR) is 124 cm³/mol. The molecule has 0 saturated carbocycles. The van der Waals surface area contributed by atoms with Gasteiger partial charge in [0.25, 0.3) is 0 Å². The molecule has 1 heterocycles. The van der Waals surface area contributed by atoms with Crippen LogP contribution in [0.25, 0.3) is 10.9 Å². The molecule has 5 N–H and O–H groups in total. The number of aromatic nitrogens is 1. The molecule has 13 heteroatoms. The van der Waals surface area contributed by atoms with E-state index in [1.807, 2.05) is 13.0 Å². The minimum Gasteiger partial charge on any atom is -0.497 e. The Kier molecular flexibility index (Phi) is 11.2. The number of pyridine rings is 1. The highest BCUT2D eigenvalue weighted by atomic mass is 31.3. The summed E-state index contributed by atoms with van der Waals surface area (Å²) >= 11 is 0. The Morgan fingerprint density at radius 3 is 2.09 bits per heavy atom. The van der Waals surface area contributed by atoms with E-state index in [2.05, 4.69) is 47.4 Å². The largest absolute Gasteiger partial charge is 0.497 e. The molecular weight excluding hydrogens is 460 g/mol. The van der Waals surface area contributed by atoms with E-state index in [1.165, 1.54) is 5.56 Å². The standard InChI is InChI=1S/C19H29N3O.H4O7P2/c1-6-22(7-2)10-8-9-20-18-13-16(23-5)12-17-14(3)11-15(4)21-19(17)18;1-8(2,3)7-9(4,5)6/h11-13,20H,6-10H2,1-5H3;(H2,1,2,3)(H2,4,5,6). The molecule has 0 amide bonds. The molecule has 0 unspecified atom stereocenters. The Balaban J connectivity index is 0.000000482. The fraction of sp³-hybridized carbons (Fsp3) is 0.526. The quantitative estimate of drug-likeness (QED) is 0.244. The third-order valence-electron chi connectivity index (χ3n) is 4.53. The summed E-state index contributed by atoms with van der Waals surface area (Å²) in [5.41, 5.74) is 4.38. The maximum absolute atomic E-state index is 9.63. The lowest BCUT2D eigenvalue weighted by molar-refractivity contribution is 0.225. The minimum atomic E-state index is -5.05. The zero-order valence-corrected chi connectivity index (χ0v) is 20.8. The van der Waals surface area contributed by atoms with Crippen molar-refractivity contribution < 1.29 is 37.8 Å². The molecule has 0 aliphatic rings. The topological polar surface area (TPSA) is 162 Å². The van der Waals surface area contributed by atoms with Gasteiger partial charge in [-0.3, -0.25) is 4.98 Å². The first-order valence-corrected chi connectivity index (χ1v) is 13.1. The molecular formula is C19H33N3O8P2. The van der Waals surface area contributed by atoms with Crippen LogP contribution >= 0.6 is 15.6 Å². The molecule has 0 fully saturated rings. The zero-order valence-electron chi connectivity index (χ0n) is 19.0. The van der Waals surface area contributed by atoms with Crippen molar-refractivity contribution in [2.75, 3.05) is 38.6 Å². The van der Waals surface area contributed by atoms with Crippen LogP contribution in [0.4, 0.5) is 5.69 Å². The second-order valence-electron chi connectivity index (χ2n) is 7.02. The summed E-state index contributed by atoms with van der Waals surface area (Å²) in [5, 5.41) is 4.71. The molecule has 0 spiro atoms. The summed E-state index contributed by atoms with van der Waals surface area (Å²) in [6.45, 7) is 12.9. The van der Waals surface area contributed by atoms with Gasteiger partial charge in [-0.05, 0) is 57.6 Å². The van der Waals surface area contributed by atoms with Crippen molar-refractivity contribution in [2.45, 2.75) is 34.1 Å². The van der Waals surface area contributed by atoms with Crippen molar-refractivity contribution in [3.63, 3.8) is 0 Å². The highest BCUT2D eigenvalue weighted by Gasteiger charge is 2.27. The van der Waals surface area contributed by atoms with Gasteiger partial charge in [0.05, 0.1) is 18.3 Å². The van der Waals surface area contributed by atoms with Crippen molar-refractivity contribution >= 4 is 32.2 Å². The maximum Gasteiger partial charge on any atom is 0.478 e. The van der Waals surface area contributed by atoms with E-state index in [0.717, 1.165) is 60.6 Å². The number of hydrogen-bond acceptors (Lipinski definition) is 7. The lowest BCUT2D eigenvalue weighted by Crippen LogP contribution is -2.25. The van der Waals surface area contributed by atoms with Crippen molar-refractivity contribution in [3.8, 4) is 5.75 Å². The monoisotopic (exact) mass is 493 g/mol. The van der Waals surface area contributed by atoms with Crippen LogP contribution < -0.4 is 10.1 Å². The summed E-state index contributed by atoms with van der Waals surface area (Å²) in [6.07, 6.45) is 1.12. The van der Waals surface area contributed by atoms with E-state index in [9.17, 15) is 9.13 Å². The SMILES string of the molecule is CCN(CC)CCCNc1cc(OC)cc2c(C)cc(C)nc12.O=P(O)(O)OP(=O)(O)O. The van der Waals surface area contributed by atoms with E-state index < -0.39 is 15.6 Å². The molecule has 2 rings (SSSR count). The van der Waals surface area contributed by atoms with Crippen LogP contribution in [0.5, 0.6) is 5.75 Å². The Hall–Kier alpha value is -1.55. The lowest BCUT2D eigenvalue weighted by Gasteiger charge is -2.18. The fourth-order valence-electron chi connectivity index (χ4n) is 3.09. The molecule has 2 aromatic rings. The van der Waals surface area contributed by atoms with Gasteiger partial charge >= 0.3 is 15.6 Å². The van der Waals surface area contributed by atoms with E-state index in [0.29, 0.717) is 0 Å². The summed E-state index contributed by atoms with van der Waals surface area (Å²) < 4.78 is 27.7. The highest BCUT2D eigenvalue weighted by molar-refractivity contribution is 7.60. The fourth-order valence-corrected chi connectivity index (χ4v) is 4.19. The minimum absolute atomic E-state index is 0.873. The second kappa shape index (κ2) is 12.6. The Bertz CT molecular complexity index is 953. The number of benzene rings is 1. The predicted octanol–water partition coefficient (Wildman–Crippen LogP) is 3.19. The van der Waals surface area contributed by atoms with Crippen molar-refractivity contribution in [1.29, 1.82) is 0 Å². The van der Waals surface area contributed by atoms with Gasteiger partial charge in [-0.2, -0.15) is 4.31 Å². The van der Waals surface area contributed by atoms with Gasteiger partial charge in [0.15, 0.2) is 0 Å². The molecule has 0 aliphatic carbocycles. The second-order valence-corrected chi connectivity index (χ2v) is 9.64. The van der Waals surface area contributed by atoms with Gasteiger partial charge in [0.2, 0.25) is 0 Å². The summed E-state index contributed by atoms with van der Waals surface area (Å²) in [7, 11) is -8.39. The number of ether oxygens (including phenoxy) is 1. The first-order chi connectivity index (χ1) is 14.8. The van der Waals surface area contributed by atoms with Gasteiger partial charge in [-0.15, -0.1) is 0 Å². The molecule has 1 aromatic heterocycles. The number of anilines is 1. The number of methoxy groups -OCH3 is 1. The Morgan fingerprint density at radius 1 is 1.03 bits per heavy atom. The molecule has 1 aromatic carbocycles. The molecule has 0 bridgehead atoms. The average Bonchev–Trinajstić information content (AvgIpc) is 2.65. The number of fused-ring (bicyclic) bond motifs is 1. The van der Waals surface area contributed by atoms with Crippen molar-refractivity contribution in [3.05, 3.63) is 29.5 Å². The molecule has 0 atom stereocenters. The van der Waals surface area contributed by atoms with Gasteiger partial charge in [-0.1, -0.05) is 13.8 Å². The van der Waals surface area contributed by atoms with Crippen LogP contribution in [0, 0.1) is 13.8 Å². The van der Waals surface area contributed by atoms with E-state index in [1.54, 1.807) is 7.11 Å². The highest BCUT2D eigenvalue weighted by Crippen LogP contribution is 2.53. The maximum atomic E-state index is 9.63. The van der Waals surface area contributed by atoms with Crippen LogP contribution in [0.1, 0.15) is 31.5 Å². The molecule has 0 radical (unpaired) electrons. The van der Waals surface area contributed by atoms with Crippen molar-refractivity contribution in [2.24, 2.45) is 0 Å². The first-order valence-electron chi connectivity index (χ1n) is 10.0. The van der Waals surface area contributed by atoms with Crippen LogP contribution in [0.2, 0.25) is 0 Å². The number of nitrogens with one attached hydrogen (secondary N) is 1. The smallest absolute Gasteiger partial charge is 0.478 e. The third kappa shape index (κ3) is 10.4. The average molecular weight is 493 g/mol. The Morgan fingerprint density at radius 2 is 1.62 bits per heavy atom. The van der Waals surface area contributed by atoms with Gasteiger partial charge in [0, 0.05) is 23.7 Å². The normalized spacial score (nSPS) is 11.9. The molecule has 11 nitrogen and oxygen atoms in total. The van der Waals surface area contributed by atoms with E-state index in [4.69, 9.17) is 29.3 Å². The van der Waals surface area contributed by atoms with Crippen LogP contribution in [-0.2, 0) is 13.4 Å². The molecule has 0 saturated heterocycles. The summed E-state index contributed by atoms with van der Waals surface area (Å²) in [4.78, 5) is 38.2. The first kappa shape index (κ1) is 28.5. The summed E-state index contributed by atoms with van der Waals surface area (Å²) in [5.74, 6) is 0.873. The van der Waals surface area contributed by atoms with Crippen LogP contribution in [0.15, 0.2) is 18.2 Å². The molecule has 182 valence electrons. The van der Waals surface area contributed by atoms with Gasteiger partial charge in [-0.25, -0.2) is 9.13 Å².